The van der Waals surface area contributed by atoms with Crippen molar-refractivity contribution in [3.63, 3.8) is 0 Å². The highest BCUT2D eigenvalue weighted by Crippen LogP contribution is 2.59. The second-order valence-electron chi connectivity index (χ2n) is 20.5. The molecule has 1 saturated carbocycles. The highest BCUT2D eigenvalue weighted by Gasteiger charge is 2.71. The quantitative estimate of drug-likeness (QED) is 0.139. The fourth-order valence-electron chi connectivity index (χ4n) is 11.5. The molecule has 1 aliphatic rings. The Morgan fingerprint density at radius 3 is 1.48 bits per heavy atom. The standard InChI is InChI=1S/C32H73NO3Si8/c1-22-35-30(34)25-28-23-24-29(26-43(37(4,5)6,38(7,8)9)39(10,11)12)32(28,31(2,3)27-33)36-44(40(13,14)15,41(16,17)18)42(19,20)21/h26,28H,22-25H2,1-21H3/b29-26+/t28?,32-/m1/s1. The Morgan fingerprint density at radius 1 is 0.795 bits per heavy atom. The molecule has 1 rings (SSSR count). The number of nitriles is 1. The van der Waals surface area contributed by atoms with Gasteiger partial charge in [-0.3, -0.25) is 4.79 Å². The minimum absolute atomic E-state index is 0.0463. The number of hydrogen-bond acceptors (Lipinski definition) is 4. The van der Waals surface area contributed by atoms with Gasteiger partial charge in [0, 0.05) is 28.7 Å². The molecule has 0 amide bonds. The second kappa shape index (κ2) is 13.0. The molecule has 44 heavy (non-hydrogen) atoms. The Hall–Kier alpha value is 0.395. The number of carbonyl (C=O) groups excluding carboxylic acids is 1. The number of ether oxygens (including phenoxy) is 1. The van der Waals surface area contributed by atoms with Crippen molar-refractivity contribution in [3.8, 4) is 6.07 Å². The van der Waals surface area contributed by atoms with E-state index in [1.54, 1.807) is 0 Å². The Balaban J connectivity index is 4.70. The molecule has 0 spiro atoms. The Kier molecular flexibility index (Phi) is 12.6. The van der Waals surface area contributed by atoms with E-state index in [-0.39, 0.29) is 11.9 Å². The predicted octanol–water partition coefficient (Wildman–Crippen LogP) is 10.0. The lowest BCUT2D eigenvalue weighted by molar-refractivity contribution is -0.146. The van der Waals surface area contributed by atoms with Gasteiger partial charge in [-0.1, -0.05) is 124 Å². The monoisotopic (exact) mass is 743 g/mol. The van der Waals surface area contributed by atoms with Gasteiger partial charge < -0.3 is 9.16 Å². The van der Waals surface area contributed by atoms with Crippen LogP contribution in [0.4, 0.5) is 0 Å². The molecular weight excluding hydrogens is 671 g/mol. The molecule has 0 aliphatic heterocycles. The first kappa shape index (κ1) is 42.4. The summed E-state index contributed by atoms with van der Waals surface area (Å²) in [4.78, 5) is 13.4. The van der Waals surface area contributed by atoms with Crippen LogP contribution in [-0.2, 0) is 14.0 Å². The molecule has 2 atom stereocenters. The van der Waals surface area contributed by atoms with Gasteiger partial charge in [0.05, 0.1) is 59.5 Å². The van der Waals surface area contributed by atoms with Crippen LogP contribution in [0.2, 0.25) is 118 Å². The number of esters is 1. The zero-order valence-corrected chi connectivity index (χ0v) is 41.2. The topological polar surface area (TPSA) is 59.3 Å². The Labute approximate surface area is 281 Å². The maximum absolute atomic E-state index is 13.4. The zero-order valence-electron chi connectivity index (χ0n) is 33.2. The van der Waals surface area contributed by atoms with Crippen LogP contribution in [0.15, 0.2) is 11.3 Å². The number of hydrogen-bond donors (Lipinski definition) is 0. The molecule has 256 valence electrons. The molecule has 0 bridgehead atoms. The first-order valence-electron chi connectivity index (χ1n) is 17.2. The smallest absolute Gasteiger partial charge is 0.306 e. The lowest BCUT2D eigenvalue weighted by atomic mass is 9.67. The fraction of sp³-hybridized carbons (Fsp3) is 0.875. The van der Waals surface area contributed by atoms with Crippen molar-refractivity contribution in [3.05, 3.63) is 11.3 Å². The number of carbonyl (C=O) groups is 1. The van der Waals surface area contributed by atoms with E-state index in [9.17, 15) is 10.1 Å². The summed E-state index contributed by atoms with van der Waals surface area (Å²) < 4.78 is 14.2. The van der Waals surface area contributed by atoms with E-state index in [2.05, 4.69) is 143 Å². The van der Waals surface area contributed by atoms with Gasteiger partial charge in [0.15, 0.2) is 6.87 Å². The van der Waals surface area contributed by atoms with Gasteiger partial charge in [0.2, 0.25) is 0 Å². The highest BCUT2D eigenvalue weighted by atomic mass is 29.9. The predicted molar refractivity (Wildman–Crippen MR) is 217 cm³/mol. The first-order chi connectivity index (χ1) is 19.2. The molecule has 0 aromatic carbocycles. The van der Waals surface area contributed by atoms with Gasteiger partial charge >= 0.3 is 5.97 Å². The number of nitrogens with zero attached hydrogens (tertiary/aromatic N) is 1. The van der Waals surface area contributed by atoms with Crippen LogP contribution >= 0.6 is 0 Å². The van der Waals surface area contributed by atoms with Crippen molar-refractivity contribution < 1.29 is 14.0 Å². The molecule has 4 nitrogen and oxygen atoms in total. The Morgan fingerprint density at radius 2 is 1.18 bits per heavy atom. The maximum Gasteiger partial charge on any atom is 0.306 e. The van der Waals surface area contributed by atoms with Crippen molar-refractivity contribution in [2.75, 3.05) is 6.61 Å². The van der Waals surface area contributed by atoms with E-state index in [1.807, 2.05) is 6.92 Å². The highest BCUT2D eigenvalue weighted by molar-refractivity contribution is 7.91. The van der Waals surface area contributed by atoms with Crippen LogP contribution in [0.1, 0.15) is 40.0 Å². The second-order valence-corrected chi connectivity index (χ2v) is 100. The van der Waals surface area contributed by atoms with Crippen molar-refractivity contribution in [1.29, 1.82) is 5.26 Å². The maximum atomic E-state index is 13.4. The van der Waals surface area contributed by atoms with Gasteiger partial charge in [-0.25, -0.2) is 0 Å². The van der Waals surface area contributed by atoms with E-state index in [1.165, 1.54) is 5.57 Å². The van der Waals surface area contributed by atoms with Gasteiger partial charge in [0.1, 0.15) is 0 Å². The molecular formula is C32H73NO3Si8. The summed E-state index contributed by atoms with van der Waals surface area (Å²) in [7, 11) is -10.6. The summed E-state index contributed by atoms with van der Waals surface area (Å²) in [5.41, 5.74) is 2.84. The minimum Gasteiger partial charge on any atom is -0.466 e. The molecule has 0 aromatic heterocycles. The van der Waals surface area contributed by atoms with Gasteiger partial charge in [-0.05, 0) is 39.2 Å². The van der Waals surface area contributed by atoms with Crippen molar-refractivity contribution in [2.24, 2.45) is 11.3 Å². The van der Waals surface area contributed by atoms with E-state index < -0.39 is 70.1 Å². The normalized spacial score (nSPS) is 22.7. The summed E-state index contributed by atoms with van der Waals surface area (Å²) in [6, 6.07) is 2.87. The van der Waals surface area contributed by atoms with Crippen molar-refractivity contribution in [1.82, 2.24) is 0 Å². The molecule has 1 fully saturated rings. The van der Waals surface area contributed by atoms with Crippen LogP contribution in [0.5, 0.6) is 0 Å². The summed E-state index contributed by atoms with van der Waals surface area (Å²) >= 11 is 0. The Bertz CT molecular complexity index is 1050. The summed E-state index contributed by atoms with van der Waals surface area (Å²) in [5.74, 6) is -0.180. The number of rotatable bonds is 13. The zero-order chi connectivity index (χ0) is 35.4. The van der Waals surface area contributed by atoms with Crippen LogP contribution in [0, 0.1) is 22.7 Å². The van der Waals surface area contributed by atoms with Crippen molar-refractivity contribution in [2.45, 2.75) is 163 Å². The largest absolute Gasteiger partial charge is 0.466 e. The minimum atomic E-state index is -2.41. The van der Waals surface area contributed by atoms with Crippen LogP contribution in [-0.4, -0.2) is 77.2 Å². The van der Waals surface area contributed by atoms with Crippen molar-refractivity contribution >= 4 is 65.0 Å². The lowest BCUT2D eigenvalue weighted by Crippen LogP contribution is -2.87. The third-order valence-electron chi connectivity index (χ3n) is 11.2. The van der Waals surface area contributed by atoms with E-state index >= 15 is 0 Å². The molecule has 0 saturated heterocycles. The third kappa shape index (κ3) is 7.07. The molecule has 0 N–H and O–H groups in total. The fourth-order valence-corrected chi connectivity index (χ4v) is 201. The van der Waals surface area contributed by atoms with Crippen LogP contribution < -0.4 is 0 Å². The summed E-state index contributed by atoms with van der Waals surface area (Å²) in [5, 5.41) is 11.2. The average molecular weight is 745 g/mol. The summed E-state index contributed by atoms with van der Waals surface area (Å²) in [6.07, 6.45) is 2.18. The molecule has 1 unspecified atom stereocenters. The summed E-state index contributed by atoms with van der Waals surface area (Å²) in [6.45, 7) is 49.3. The van der Waals surface area contributed by atoms with E-state index in [4.69, 9.17) is 9.16 Å². The first-order valence-corrected chi connectivity index (χ1v) is 48.2. The molecule has 0 radical (unpaired) electrons. The lowest BCUT2D eigenvalue weighted by Gasteiger charge is -2.63. The van der Waals surface area contributed by atoms with Crippen LogP contribution in [0.25, 0.3) is 0 Å². The molecule has 1 aliphatic carbocycles. The van der Waals surface area contributed by atoms with E-state index in [0.29, 0.717) is 13.0 Å². The molecule has 0 aromatic rings. The average Bonchev–Trinajstić information content (AvgIpc) is 3.08. The SMILES string of the molecule is CCOC(=O)CC1CC/C(=C\[Si]([Si](C)(C)C)([Si](C)(C)C)[Si](C)(C)C)[C@@]1(O[Si]([Si](C)(C)C)([Si](C)(C)C)[Si](C)(C)C)C(C)(C)C#N. The molecule has 0 heterocycles. The van der Waals surface area contributed by atoms with Gasteiger partial charge in [0.25, 0.3) is 0 Å². The van der Waals surface area contributed by atoms with Gasteiger partial charge in [-0.2, -0.15) is 5.26 Å². The van der Waals surface area contributed by atoms with Crippen LogP contribution in [0.3, 0.4) is 0 Å². The third-order valence-corrected chi connectivity index (χ3v) is 150. The molecule has 12 heteroatoms. The van der Waals surface area contributed by atoms with E-state index in [0.717, 1.165) is 12.8 Å². The van der Waals surface area contributed by atoms with Gasteiger partial charge in [-0.15, -0.1) is 0 Å².